The number of benzene rings is 3. The molecule has 4 unspecified atom stereocenters. The van der Waals surface area contributed by atoms with Crippen molar-refractivity contribution in [3.63, 3.8) is 0 Å². The van der Waals surface area contributed by atoms with Crippen molar-refractivity contribution in [2.45, 2.75) is 74.1 Å². The predicted octanol–water partition coefficient (Wildman–Crippen LogP) is 2.67. The third-order valence-electron chi connectivity index (χ3n) is 13.1. The monoisotopic (exact) mass is 1100 g/mol. The molecule has 1 saturated carbocycles. The number of carboxylic acids is 2. The van der Waals surface area contributed by atoms with Gasteiger partial charge in [0.15, 0.2) is 16.2 Å². The van der Waals surface area contributed by atoms with E-state index in [2.05, 4.69) is 29.0 Å². The molecular formula is C50H64N5O19S2+. The predicted molar refractivity (Wildman–Crippen MR) is 270 cm³/mol. The minimum atomic E-state index is -5.20. The number of ether oxygens (including phenoxy) is 5. The third kappa shape index (κ3) is 16.0. The maximum Gasteiger partial charge on any atom is 0.407 e. The number of nitrogen functional groups attached to an aromatic ring is 1. The zero-order valence-electron chi connectivity index (χ0n) is 41.7. The van der Waals surface area contributed by atoms with Gasteiger partial charge in [0, 0.05) is 47.7 Å². The molecule has 1 fully saturated rings. The van der Waals surface area contributed by atoms with Crippen LogP contribution >= 0.6 is 0 Å². The number of anilines is 1. The number of fused-ring (bicyclic) bond motifs is 3. The number of aliphatic carboxylic acids is 1. The van der Waals surface area contributed by atoms with Crippen molar-refractivity contribution in [2.24, 2.45) is 17.8 Å². The van der Waals surface area contributed by atoms with Crippen LogP contribution in [0.5, 0.6) is 0 Å². The Kier molecular flexibility index (Phi) is 20.9. The first-order valence-corrected chi connectivity index (χ1v) is 27.5. The lowest BCUT2D eigenvalue weighted by atomic mass is 9.89. The number of allylic oxidation sites excluding steroid dienone is 2. The number of aromatic carboxylic acids is 1. The largest absolute Gasteiger partial charge is 0.480 e. The Balaban J connectivity index is 0.861. The zero-order valence-corrected chi connectivity index (χ0v) is 43.4. The Hall–Kier alpha value is -6.52. The number of rotatable bonds is 29. The van der Waals surface area contributed by atoms with E-state index in [-0.39, 0.29) is 79.2 Å². The van der Waals surface area contributed by atoms with Crippen LogP contribution in [0.3, 0.4) is 0 Å². The standard InChI is InChI=1S/C50H63N5O19S2/c1-29-5-4-6-31-32(10-8-29)37(31)28-73-50(62)54-18-20-70-22-24-72-26-25-71-23-21-69-19-16-41(56)53-17-3-2-7-40(49(60)61)55-47(57)30-9-11-33(36(27-30)48(58)59)42-34-12-14-38(51)45(75(63,64)65)43(34)74-44-35(42)13-15-39(52)46(44)76(66,67)68/h5,9,11-15,27,31-32,37,40,51H,2-4,6-8,10,16-26,28,52H2,1H3,(H,53,56)(H,54,62)(H,55,57)(H,58,59)(H,60,61)(H,63,64,65)(H,66,67,68)/p+1/b29-5-,51-38?. The Morgan fingerprint density at radius 1 is 0.789 bits per heavy atom. The van der Waals surface area contributed by atoms with Gasteiger partial charge in [0.05, 0.1) is 70.7 Å². The van der Waals surface area contributed by atoms with Gasteiger partial charge in [-0.05, 0) is 106 Å². The summed E-state index contributed by atoms with van der Waals surface area (Å²) in [5.74, 6) is -3.22. The van der Waals surface area contributed by atoms with Gasteiger partial charge in [0.2, 0.25) is 16.2 Å². The molecule has 4 aliphatic rings. The topological polar surface area (TPSA) is 382 Å². The SMILES string of the molecule is C/C1=C/CCC2C(CC1)C2COC(=O)NCCOCCOCCOCCOCCC(=O)NCCCCC(NC(=O)c1ccc(-c2c3ccc(=[NH2+])c(S(=O)(=O)O)c-3oc3c(S(=O)(=O)O)c(N)ccc23)c(C(=O)O)c1)C(=O)O. The number of hydrogen-bond donors (Lipinski definition) is 9. The van der Waals surface area contributed by atoms with E-state index in [0.29, 0.717) is 70.4 Å². The van der Waals surface area contributed by atoms with E-state index in [9.17, 15) is 60.1 Å². The van der Waals surface area contributed by atoms with Crippen LogP contribution in [-0.4, -0.2) is 145 Å². The van der Waals surface area contributed by atoms with Gasteiger partial charge in [-0.1, -0.05) is 17.7 Å². The van der Waals surface area contributed by atoms with Crippen molar-refractivity contribution in [2.75, 3.05) is 78.3 Å². The number of carboxylic acid groups (broad SMARTS) is 2. The van der Waals surface area contributed by atoms with Gasteiger partial charge in [0.25, 0.3) is 16.0 Å². The molecule has 3 amide bonds. The van der Waals surface area contributed by atoms with Crippen LogP contribution in [0.15, 0.2) is 68.3 Å². The van der Waals surface area contributed by atoms with Crippen LogP contribution in [0.1, 0.15) is 79.0 Å². The average molecular weight is 1100 g/mol. The number of unbranched alkanes of at least 4 members (excludes halogenated alkanes) is 1. The lowest BCUT2D eigenvalue weighted by Gasteiger charge is -2.20. The molecule has 0 spiro atoms. The normalized spacial score (nSPS) is 17.6. The van der Waals surface area contributed by atoms with Crippen LogP contribution in [0, 0.1) is 17.8 Å². The summed E-state index contributed by atoms with van der Waals surface area (Å²) in [6.07, 6.45) is 7.06. The molecule has 0 saturated heterocycles. The van der Waals surface area contributed by atoms with Crippen LogP contribution in [0.2, 0.25) is 0 Å². The summed E-state index contributed by atoms with van der Waals surface area (Å²) >= 11 is 0. The summed E-state index contributed by atoms with van der Waals surface area (Å²) < 4.78 is 103. The van der Waals surface area contributed by atoms with Gasteiger partial charge in [-0.15, -0.1) is 0 Å². The average Bonchev–Trinajstić information content (AvgIpc) is 4.02. The van der Waals surface area contributed by atoms with Gasteiger partial charge >= 0.3 is 28.1 Å². The van der Waals surface area contributed by atoms with E-state index in [1.807, 2.05) is 0 Å². The second-order valence-corrected chi connectivity index (χ2v) is 21.0. The van der Waals surface area contributed by atoms with Gasteiger partial charge in [0.1, 0.15) is 6.04 Å². The molecule has 2 aromatic rings. The fourth-order valence-corrected chi connectivity index (χ4v) is 10.7. The van der Waals surface area contributed by atoms with Crippen molar-refractivity contribution >= 4 is 66.7 Å². The summed E-state index contributed by atoms with van der Waals surface area (Å²) in [5, 5.41) is 33.2. The highest BCUT2D eigenvalue weighted by atomic mass is 32.2. The Labute approximate surface area is 438 Å². The first-order valence-electron chi connectivity index (χ1n) is 24.6. The number of nitrogens with one attached hydrogen (secondary N) is 3. The van der Waals surface area contributed by atoms with Crippen molar-refractivity contribution in [3.8, 4) is 22.5 Å². The summed E-state index contributed by atoms with van der Waals surface area (Å²) in [6, 6.07) is 6.33. The molecular weight excluding hydrogens is 1040 g/mol. The molecule has 1 heterocycles. The molecule has 76 heavy (non-hydrogen) atoms. The summed E-state index contributed by atoms with van der Waals surface area (Å²) in [7, 11) is -10.4. The van der Waals surface area contributed by atoms with Crippen LogP contribution < -0.4 is 32.5 Å². The molecule has 26 heteroatoms. The smallest absolute Gasteiger partial charge is 0.407 e. The molecule has 24 nitrogen and oxygen atoms in total. The van der Waals surface area contributed by atoms with Crippen molar-refractivity contribution < 1.29 is 93.6 Å². The number of carbonyl (C=O) groups excluding carboxylic acids is 3. The number of nitrogens with two attached hydrogens (primary N) is 2. The van der Waals surface area contributed by atoms with Gasteiger partial charge in [-0.3, -0.25) is 24.1 Å². The van der Waals surface area contributed by atoms with E-state index in [1.54, 1.807) is 0 Å². The second-order valence-electron chi connectivity index (χ2n) is 18.3. The molecule has 0 aromatic heterocycles. The van der Waals surface area contributed by atoms with E-state index in [1.165, 1.54) is 24.1 Å². The lowest BCUT2D eigenvalue weighted by molar-refractivity contribution is -0.176. The third-order valence-corrected chi connectivity index (χ3v) is 14.9. The molecule has 0 radical (unpaired) electrons. The van der Waals surface area contributed by atoms with Crippen molar-refractivity contribution in [1.82, 2.24) is 16.0 Å². The molecule has 0 bridgehead atoms. The van der Waals surface area contributed by atoms with Crippen LogP contribution in [0.25, 0.3) is 33.4 Å². The first kappa shape index (κ1) is 58.7. The van der Waals surface area contributed by atoms with E-state index >= 15 is 0 Å². The highest BCUT2D eigenvalue weighted by Gasteiger charge is 2.49. The molecule has 6 rings (SSSR count). The molecule has 4 atom stereocenters. The van der Waals surface area contributed by atoms with Crippen molar-refractivity contribution in [1.29, 1.82) is 0 Å². The Morgan fingerprint density at radius 2 is 1.43 bits per heavy atom. The van der Waals surface area contributed by atoms with Crippen molar-refractivity contribution in [3.05, 3.63) is 70.6 Å². The molecule has 2 aromatic carbocycles. The highest BCUT2D eigenvalue weighted by Crippen LogP contribution is 2.53. The quantitative estimate of drug-likeness (QED) is 0.0124. The second kappa shape index (κ2) is 27.0. The summed E-state index contributed by atoms with van der Waals surface area (Å²) in [6.45, 7) is 5.56. The maximum absolute atomic E-state index is 13.4. The lowest BCUT2D eigenvalue weighted by Crippen LogP contribution is -2.47. The number of carbonyl (C=O) groups is 5. The van der Waals surface area contributed by atoms with E-state index in [0.717, 1.165) is 49.6 Å². The number of amides is 3. The van der Waals surface area contributed by atoms with Crippen LogP contribution in [-0.2, 0) is 53.5 Å². The Morgan fingerprint density at radius 3 is 2.09 bits per heavy atom. The summed E-state index contributed by atoms with van der Waals surface area (Å²) in [5.41, 5.74) is 4.54. The fraction of sp³-hybridized carbons (Fsp3) is 0.480. The minimum Gasteiger partial charge on any atom is -0.480 e. The zero-order chi connectivity index (χ0) is 55.2. The van der Waals surface area contributed by atoms with E-state index < -0.39 is 88.0 Å². The van der Waals surface area contributed by atoms with Gasteiger partial charge in [-0.25, -0.2) is 14.4 Å². The highest BCUT2D eigenvalue weighted by molar-refractivity contribution is 7.86. The Bertz CT molecular complexity index is 3050. The van der Waals surface area contributed by atoms with Gasteiger partial charge < -0.3 is 60.0 Å². The first-order chi connectivity index (χ1) is 36.2. The summed E-state index contributed by atoms with van der Waals surface area (Å²) in [4.78, 5) is 60.8. The maximum atomic E-state index is 13.4. The molecule has 11 N–H and O–H groups in total. The molecule has 1 aliphatic heterocycles. The fourth-order valence-electron chi connectivity index (χ4n) is 9.21. The minimum absolute atomic E-state index is 0.0659. The number of hydrogen-bond acceptors (Lipinski definition) is 16. The van der Waals surface area contributed by atoms with Crippen LogP contribution in [0.4, 0.5) is 10.5 Å². The van der Waals surface area contributed by atoms with Gasteiger partial charge in [-0.2, -0.15) is 16.8 Å². The molecule has 414 valence electrons. The molecule has 3 aliphatic carbocycles. The van der Waals surface area contributed by atoms with E-state index in [4.69, 9.17) is 39.2 Å². The number of alkyl carbamates (subject to hydrolysis) is 1.